The van der Waals surface area contributed by atoms with Crippen LogP contribution < -0.4 is 5.43 Å². The van der Waals surface area contributed by atoms with Gasteiger partial charge in [-0.25, -0.2) is 10.3 Å². The van der Waals surface area contributed by atoms with E-state index in [0.29, 0.717) is 24.7 Å². The summed E-state index contributed by atoms with van der Waals surface area (Å²) in [6, 6.07) is 20.2. The quantitative estimate of drug-likeness (QED) is 0.534. The highest BCUT2D eigenvalue weighted by atomic mass is 35.5. The smallest absolute Gasteiger partial charge is 0.305 e. The lowest BCUT2D eigenvalue weighted by molar-refractivity contribution is -0.581. The summed E-state index contributed by atoms with van der Waals surface area (Å²) in [5.41, 5.74) is 4.65. The molecular formula is C22H24ClN4O2+. The van der Waals surface area contributed by atoms with Gasteiger partial charge in [0, 0.05) is 11.9 Å². The highest BCUT2D eigenvalue weighted by molar-refractivity contribution is 6.30. The summed E-state index contributed by atoms with van der Waals surface area (Å²) in [4.78, 5) is 12.9. The lowest BCUT2D eigenvalue weighted by Gasteiger charge is -2.26. The molecule has 7 heteroatoms. The third-order valence-corrected chi connectivity index (χ3v) is 5.20. The zero-order valence-corrected chi connectivity index (χ0v) is 17.1. The summed E-state index contributed by atoms with van der Waals surface area (Å²) in [6.07, 6.45) is 3.26. The van der Waals surface area contributed by atoms with Crippen LogP contribution in [0, 0.1) is 11.3 Å². The summed E-state index contributed by atoms with van der Waals surface area (Å²) >= 11 is 5.99. The normalized spacial score (nSPS) is 15.1. The Kier molecular flexibility index (Phi) is 6.73. The Labute approximate surface area is 175 Å². The van der Waals surface area contributed by atoms with Crippen molar-refractivity contribution in [3.63, 3.8) is 0 Å². The molecule has 1 heterocycles. The average Bonchev–Trinajstić information content (AvgIpc) is 3.18. The molecule has 0 saturated carbocycles. The van der Waals surface area contributed by atoms with E-state index in [1.807, 2.05) is 70.5 Å². The number of nitrogens with zero attached hydrogens (tertiary/aromatic N) is 3. The number of aryl methyl sites for hydroxylation is 1. The molecule has 150 valence electrons. The lowest BCUT2D eigenvalue weighted by Crippen LogP contribution is -2.39. The fraction of sp³-hybridized carbons (Fsp3) is 0.318. The number of nitriles is 1. The Hall–Kier alpha value is -3.04. The van der Waals surface area contributed by atoms with Gasteiger partial charge in [0.25, 0.3) is 6.34 Å². The first kappa shape index (κ1) is 20.7. The number of carbonyl (C=O) groups is 1. The number of hydrogen-bond acceptors (Lipinski definition) is 5. The van der Waals surface area contributed by atoms with Crippen LogP contribution in [0.4, 0.5) is 0 Å². The van der Waals surface area contributed by atoms with Gasteiger partial charge in [0.1, 0.15) is 12.0 Å². The van der Waals surface area contributed by atoms with E-state index < -0.39 is 5.41 Å². The third kappa shape index (κ3) is 5.49. The van der Waals surface area contributed by atoms with Gasteiger partial charge >= 0.3 is 5.97 Å². The van der Waals surface area contributed by atoms with Crippen molar-refractivity contribution >= 4 is 23.9 Å². The molecule has 2 aromatic rings. The first-order chi connectivity index (χ1) is 14.0. The predicted octanol–water partition coefficient (Wildman–Crippen LogP) is 3.07. The van der Waals surface area contributed by atoms with Crippen LogP contribution in [0.15, 0.2) is 54.6 Å². The largest absolute Gasteiger partial charge is 0.425 e. The molecule has 1 N–H and O–H groups in total. The number of ether oxygens (including phenoxy) is 1. The van der Waals surface area contributed by atoms with Gasteiger partial charge in [-0.15, -0.1) is 0 Å². The Morgan fingerprint density at radius 1 is 1.28 bits per heavy atom. The van der Waals surface area contributed by atoms with Crippen LogP contribution in [-0.4, -0.2) is 41.8 Å². The molecule has 1 aliphatic heterocycles. The molecule has 1 unspecified atom stereocenters. The van der Waals surface area contributed by atoms with Crippen molar-refractivity contribution in [3.05, 3.63) is 70.7 Å². The molecule has 29 heavy (non-hydrogen) atoms. The standard InChI is InChI=1S/C22H24ClN4O2/c1-18(28)29-17-26-15-25-27(16-26)14-22(13-24,20-5-3-2-4-6-20)12-11-19-7-9-21(23)10-8-19/h2-10,16,25H,11-12,14-15,17H2,1H3/q+1. The fourth-order valence-corrected chi connectivity index (χ4v) is 3.46. The summed E-state index contributed by atoms with van der Waals surface area (Å²) in [5, 5.41) is 10.9. The van der Waals surface area contributed by atoms with Gasteiger partial charge in [0.15, 0.2) is 6.67 Å². The van der Waals surface area contributed by atoms with Gasteiger partial charge in [-0.1, -0.05) is 54.1 Å². The molecule has 1 atom stereocenters. The number of hydrogen-bond donors (Lipinski definition) is 1. The molecule has 1 aliphatic rings. The van der Waals surface area contributed by atoms with Crippen LogP contribution in [0.3, 0.4) is 0 Å². The monoisotopic (exact) mass is 411 g/mol. The molecule has 0 spiro atoms. The van der Waals surface area contributed by atoms with Crippen LogP contribution in [0.5, 0.6) is 0 Å². The number of hydrazone groups is 1. The topological polar surface area (TPSA) is 68.4 Å². The van der Waals surface area contributed by atoms with Gasteiger partial charge in [-0.05, 0) is 36.1 Å². The molecular weight excluding hydrogens is 388 g/mol. The number of carbonyl (C=O) groups excluding carboxylic acids is 1. The zero-order chi connectivity index (χ0) is 20.7. The number of nitrogens with one attached hydrogen (secondary N) is 1. The van der Waals surface area contributed by atoms with E-state index in [9.17, 15) is 10.1 Å². The maximum Gasteiger partial charge on any atom is 0.305 e. The van der Waals surface area contributed by atoms with Gasteiger partial charge in [0.2, 0.25) is 6.73 Å². The molecule has 2 aromatic carbocycles. The summed E-state index contributed by atoms with van der Waals surface area (Å²) in [6.45, 7) is 2.54. The van der Waals surface area contributed by atoms with Crippen molar-refractivity contribution < 1.29 is 14.2 Å². The minimum Gasteiger partial charge on any atom is -0.425 e. The fourth-order valence-electron chi connectivity index (χ4n) is 3.34. The predicted molar refractivity (Wildman–Crippen MR) is 111 cm³/mol. The molecule has 0 fully saturated rings. The van der Waals surface area contributed by atoms with Crippen LogP contribution >= 0.6 is 11.6 Å². The molecule has 0 saturated heterocycles. The van der Waals surface area contributed by atoms with E-state index in [0.717, 1.165) is 17.5 Å². The molecule has 0 radical (unpaired) electrons. The number of halogens is 1. The van der Waals surface area contributed by atoms with Crippen molar-refractivity contribution in [1.82, 2.24) is 10.3 Å². The van der Waals surface area contributed by atoms with E-state index >= 15 is 0 Å². The van der Waals surface area contributed by atoms with Crippen LogP contribution in [-0.2, 0) is 21.4 Å². The third-order valence-electron chi connectivity index (χ3n) is 4.95. The van der Waals surface area contributed by atoms with Gasteiger partial charge in [-0.2, -0.15) is 9.95 Å². The van der Waals surface area contributed by atoms with Crippen LogP contribution in [0.25, 0.3) is 0 Å². The van der Waals surface area contributed by atoms with Gasteiger partial charge in [-0.3, -0.25) is 4.79 Å². The number of benzene rings is 2. The average molecular weight is 412 g/mol. The van der Waals surface area contributed by atoms with Gasteiger partial charge < -0.3 is 4.74 Å². The summed E-state index contributed by atoms with van der Waals surface area (Å²) in [7, 11) is 0. The molecule has 6 nitrogen and oxygen atoms in total. The first-order valence-electron chi connectivity index (χ1n) is 9.44. The maximum atomic E-state index is 11.0. The minimum atomic E-state index is -0.707. The van der Waals surface area contributed by atoms with Gasteiger partial charge in [0.05, 0.1) is 6.07 Å². The molecule has 0 aliphatic carbocycles. The summed E-state index contributed by atoms with van der Waals surface area (Å²) in [5.74, 6) is -0.324. The SMILES string of the molecule is CC(=O)OCN1C=[N+](CC(C#N)(CCc2ccc(Cl)cc2)c2ccccc2)NC1. The summed E-state index contributed by atoms with van der Waals surface area (Å²) < 4.78 is 6.93. The molecule has 0 bridgehead atoms. The number of hydrazine groups is 1. The number of esters is 1. The highest BCUT2D eigenvalue weighted by Crippen LogP contribution is 2.30. The Balaban J connectivity index is 1.79. The molecule has 0 aromatic heterocycles. The Bertz CT molecular complexity index is 909. The second kappa shape index (κ2) is 9.44. The van der Waals surface area contributed by atoms with Crippen molar-refractivity contribution in [1.29, 1.82) is 5.26 Å². The van der Waals surface area contributed by atoms with Crippen molar-refractivity contribution in [3.8, 4) is 6.07 Å². The van der Waals surface area contributed by atoms with Crippen LogP contribution in [0.1, 0.15) is 24.5 Å². The Morgan fingerprint density at radius 2 is 2.00 bits per heavy atom. The van der Waals surface area contributed by atoms with Crippen LogP contribution in [0.2, 0.25) is 5.02 Å². The van der Waals surface area contributed by atoms with E-state index in [-0.39, 0.29) is 12.7 Å². The lowest BCUT2D eigenvalue weighted by atomic mass is 9.77. The van der Waals surface area contributed by atoms with E-state index in [4.69, 9.17) is 16.3 Å². The maximum absolute atomic E-state index is 11.0. The molecule has 3 rings (SSSR count). The number of rotatable bonds is 8. The van der Waals surface area contributed by atoms with E-state index in [1.54, 1.807) is 0 Å². The van der Waals surface area contributed by atoms with Crippen molar-refractivity contribution in [2.75, 3.05) is 19.9 Å². The van der Waals surface area contributed by atoms with Crippen molar-refractivity contribution in [2.45, 2.75) is 25.2 Å². The van der Waals surface area contributed by atoms with E-state index in [2.05, 4.69) is 11.5 Å². The highest BCUT2D eigenvalue weighted by Gasteiger charge is 2.37. The van der Waals surface area contributed by atoms with Crippen molar-refractivity contribution in [2.24, 2.45) is 0 Å². The minimum absolute atomic E-state index is 0.175. The molecule has 0 amide bonds. The first-order valence-corrected chi connectivity index (χ1v) is 9.82. The Morgan fingerprint density at radius 3 is 2.66 bits per heavy atom. The second-order valence-electron chi connectivity index (χ2n) is 7.10. The second-order valence-corrected chi connectivity index (χ2v) is 7.54. The van der Waals surface area contributed by atoms with E-state index in [1.165, 1.54) is 6.92 Å². The zero-order valence-electron chi connectivity index (χ0n) is 16.3.